The van der Waals surface area contributed by atoms with E-state index in [1.165, 1.54) is 6.07 Å². The van der Waals surface area contributed by atoms with Crippen LogP contribution in [0.3, 0.4) is 0 Å². The summed E-state index contributed by atoms with van der Waals surface area (Å²) in [5.41, 5.74) is 0.528. The lowest BCUT2D eigenvalue weighted by molar-refractivity contribution is 0.265. The topological polar surface area (TPSA) is 97.5 Å². The van der Waals surface area contributed by atoms with Gasteiger partial charge in [0.15, 0.2) is 0 Å². The molecule has 2 N–H and O–H groups in total. The lowest BCUT2D eigenvalue weighted by Crippen LogP contribution is -2.46. The molecule has 0 aromatic carbocycles. The summed E-state index contributed by atoms with van der Waals surface area (Å²) in [6.45, 7) is 1.63. The largest absolute Gasteiger partial charge is 0.291 e. The van der Waals surface area contributed by atoms with Crippen molar-refractivity contribution in [2.24, 2.45) is 5.14 Å². The first-order valence-electron chi connectivity index (χ1n) is 5.08. The van der Waals surface area contributed by atoms with Gasteiger partial charge in [0.25, 0.3) is 0 Å². The fourth-order valence-electron chi connectivity index (χ4n) is 1.92. The maximum absolute atomic E-state index is 12.4. The molecule has 2 rings (SSSR count). The molecule has 1 aliphatic rings. The summed E-state index contributed by atoms with van der Waals surface area (Å²) in [5, 5.41) is 5.01. The molecule has 0 saturated carbocycles. The Morgan fingerprint density at radius 2 is 2.00 bits per heavy atom. The third-order valence-electron chi connectivity index (χ3n) is 3.32. The molecule has 9 heteroatoms. The standard InChI is InChI=1S/C9H14N2O4S3/c1-9(11(2)3)5-6-4-7(18(10,14)15)16-8(6)17(9,12)13/h4H,5H2,1-3H3,(H2,10,14,15). The second kappa shape index (κ2) is 3.76. The fourth-order valence-corrected chi connectivity index (χ4v) is 6.70. The molecular formula is C9H14N2O4S3. The molecular weight excluding hydrogens is 296 g/mol. The van der Waals surface area contributed by atoms with Gasteiger partial charge in [0.1, 0.15) is 13.3 Å². The van der Waals surface area contributed by atoms with E-state index in [2.05, 4.69) is 0 Å². The Morgan fingerprint density at radius 3 is 2.39 bits per heavy atom. The van der Waals surface area contributed by atoms with Gasteiger partial charge in [0.2, 0.25) is 19.9 Å². The smallest absolute Gasteiger partial charge is 0.247 e. The lowest BCUT2D eigenvalue weighted by atomic mass is 10.1. The van der Waals surface area contributed by atoms with Crippen LogP contribution in [0.2, 0.25) is 0 Å². The highest BCUT2D eigenvalue weighted by Gasteiger charge is 2.51. The molecule has 0 aliphatic carbocycles. The van der Waals surface area contributed by atoms with Gasteiger partial charge in [-0.05, 0) is 32.6 Å². The molecule has 0 saturated heterocycles. The van der Waals surface area contributed by atoms with E-state index in [-0.39, 0.29) is 14.8 Å². The molecule has 102 valence electrons. The molecule has 0 amide bonds. The predicted octanol–water partition coefficient (Wildman–Crippen LogP) is 0.00310. The van der Waals surface area contributed by atoms with Crippen molar-refractivity contribution in [3.63, 3.8) is 0 Å². The van der Waals surface area contributed by atoms with Crippen molar-refractivity contribution in [3.8, 4) is 0 Å². The monoisotopic (exact) mass is 310 g/mol. The zero-order valence-electron chi connectivity index (χ0n) is 10.2. The van der Waals surface area contributed by atoms with Crippen LogP contribution in [0.4, 0.5) is 0 Å². The van der Waals surface area contributed by atoms with Gasteiger partial charge in [-0.1, -0.05) is 0 Å². The van der Waals surface area contributed by atoms with Crippen LogP contribution >= 0.6 is 11.3 Å². The molecule has 1 atom stereocenters. The van der Waals surface area contributed by atoms with Gasteiger partial charge in [-0.2, -0.15) is 0 Å². The van der Waals surface area contributed by atoms with Gasteiger partial charge < -0.3 is 0 Å². The van der Waals surface area contributed by atoms with E-state index in [1.807, 2.05) is 0 Å². The van der Waals surface area contributed by atoms with Crippen LogP contribution in [0.25, 0.3) is 0 Å². The number of hydrogen-bond donors (Lipinski definition) is 1. The number of sulfone groups is 1. The van der Waals surface area contributed by atoms with Crippen molar-refractivity contribution in [2.75, 3.05) is 14.1 Å². The number of rotatable bonds is 2. The normalized spacial score (nSPS) is 26.5. The highest BCUT2D eigenvalue weighted by molar-refractivity contribution is 7.96. The number of likely N-dealkylation sites (N-methyl/N-ethyl adjacent to an activating group) is 1. The molecule has 2 heterocycles. The van der Waals surface area contributed by atoms with Gasteiger partial charge in [-0.15, -0.1) is 11.3 Å². The minimum Gasteiger partial charge on any atom is -0.291 e. The molecule has 1 aromatic heterocycles. The van der Waals surface area contributed by atoms with Gasteiger partial charge in [-0.3, -0.25) is 4.90 Å². The van der Waals surface area contributed by atoms with Gasteiger partial charge >= 0.3 is 0 Å². The summed E-state index contributed by atoms with van der Waals surface area (Å²) in [6.07, 6.45) is 0.268. The van der Waals surface area contributed by atoms with E-state index in [9.17, 15) is 16.8 Å². The van der Waals surface area contributed by atoms with Crippen LogP contribution in [-0.4, -0.2) is 40.7 Å². The van der Waals surface area contributed by atoms with Crippen LogP contribution in [0.5, 0.6) is 0 Å². The number of hydrogen-bond acceptors (Lipinski definition) is 6. The Kier molecular flexibility index (Phi) is 2.91. The lowest BCUT2D eigenvalue weighted by Gasteiger charge is -2.30. The number of nitrogens with zero attached hydrogens (tertiary/aromatic N) is 1. The molecule has 0 radical (unpaired) electrons. The second-order valence-electron chi connectivity index (χ2n) is 4.67. The van der Waals surface area contributed by atoms with E-state index in [4.69, 9.17) is 5.14 Å². The highest BCUT2D eigenvalue weighted by atomic mass is 32.3. The van der Waals surface area contributed by atoms with E-state index >= 15 is 0 Å². The Hall–Kier alpha value is -0.480. The van der Waals surface area contributed by atoms with E-state index < -0.39 is 24.7 Å². The van der Waals surface area contributed by atoms with Crippen molar-refractivity contribution in [2.45, 2.75) is 26.6 Å². The van der Waals surface area contributed by atoms with Crippen LogP contribution < -0.4 is 5.14 Å². The van der Waals surface area contributed by atoms with Crippen LogP contribution in [0.15, 0.2) is 14.5 Å². The number of primary sulfonamides is 1. The first-order chi connectivity index (χ1) is 8.00. The number of thiophene rings is 1. The van der Waals surface area contributed by atoms with Crippen molar-refractivity contribution in [1.82, 2.24) is 4.90 Å². The minimum atomic E-state index is -3.85. The highest BCUT2D eigenvalue weighted by Crippen LogP contribution is 2.45. The second-order valence-corrected chi connectivity index (χ2v) is 10.1. The van der Waals surface area contributed by atoms with Crippen molar-refractivity contribution in [1.29, 1.82) is 0 Å². The minimum absolute atomic E-state index is 0.100. The maximum Gasteiger partial charge on any atom is 0.247 e. The quantitative estimate of drug-likeness (QED) is 0.829. The van der Waals surface area contributed by atoms with Crippen LogP contribution in [0, 0.1) is 0 Å². The zero-order valence-corrected chi connectivity index (χ0v) is 12.6. The first-order valence-corrected chi connectivity index (χ1v) is 8.92. The fraction of sp³-hybridized carbons (Fsp3) is 0.556. The van der Waals surface area contributed by atoms with Crippen LogP contribution in [-0.2, 0) is 26.3 Å². The van der Waals surface area contributed by atoms with Crippen molar-refractivity contribution < 1.29 is 16.8 Å². The number of sulfonamides is 1. The summed E-state index contributed by atoms with van der Waals surface area (Å²) in [4.78, 5) is 0.608. The summed E-state index contributed by atoms with van der Waals surface area (Å²) >= 11 is 0.728. The zero-order chi connectivity index (χ0) is 13.9. The van der Waals surface area contributed by atoms with E-state index in [0.717, 1.165) is 11.3 Å². The Labute approximate surface area is 110 Å². The number of nitrogens with two attached hydrogens (primary N) is 1. The molecule has 0 spiro atoms. The van der Waals surface area contributed by atoms with E-state index in [0.29, 0.717) is 5.56 Å². The third-order valence-corrected chi connectivity index (χ3v) is 9.03. The summed E-state index contributed by atoms with van der Waals surface area (Å²) in [7, 11) is -4.03. The Bertz CT molecular complexity index is 702. The first kappa shape index (κ1) is 13.9. The van der Waals surface area contributed by atoms with E-state index in [1.54, 1.807) is 25.9 Å². The molecule has 1 aliphatic heterocycles. The number of fused-ring (bicyclic) bond motifs is 1. The molecule has 0 fully saturated rings. The van der Waals surface area contributed by atoms with Crippen molar-refractivity contribution in [3.05, 3.63) is 11.6 Å². The Morgan fingerprint density at radius 1 is 1.44 bits per heavy atom. The molecule has 1 unspecified atom stereocenters. The molecule has 18 heavy (non-hydrogen) atoms. The average molecular weight is 310 g/mol. The van der Waals surface area contributed by atoms with Gasteiger partial charge in [0, 0.05) is 6.42 Å². The van der Waals surface area contributed by atoms with Crippen molar-refractivity contribution >= 4 is 31.2 Å². The van der Waals surface area contributed by atoms with Gasteiger partial charge in [0.05, 0.1) is 0 Å². The van der Waals surface area contributed by atoms with Gasteiger partial charge in [-0.25, -0.2) is 22.0 Å². The molecule has 0 bridgehead atoms. The molecule has 1 aromatic rings. The summed E-state index contributed by atoms with van der Waals surface area (Å²) in [6, 6.07) is 1.36. The van der Waals surface area contributed by atoms with Crippen LogP contribution in [0.1, 0.15) is 12.5 Å². The SMILES string of the molecule is CN(C)C1(C)Cc2cc(S(N)(=O)=O)sc2S1(=O)=O. The third kappa shape index (κ3) is 1.73. The Balaban J connectivity index is 2.64. The molecule has 6 nitrogen and oxygen atoms in total. The predicted molar refractivity (Wildman–Crippen MR) is 68.7 cm³/mol. The summed E-state index contributed by atoms with van der Waals surface area (Å²) in [5.74, 6) is 0. The maximum atomic E-state index is 12.4. The average Bonchev–Trinajstić information content (AvgIpc) is 2.66. The summed E-state index contributed by atoms with van der Waals surface area (Å²) < 4.78 is 47.3.